The molecule has 1 aromatic carbocycles. The van der Waals surface area contributed by atoms with Crippen LogP contribution in [0.2, 0.25) is 0 Å². The highest BCUT2D eigenvalue weighted by atomic mass is 32.1. The number of aryl methyl sites for hydroxylation is 1. The third-order valence-corrected chi connectivity index (χ3v) is 5.44. The molecule has 4 heterocycles. The second-order valence-corrected chi connectivity index (χ2v) is 7.32. The minimum atomic E-state index is -0.542. The zero-order valence-electron chi connectivity index (χ0n) is 14.6. The van der Waals surface area contributed by atoms with Crippen LogP contribution in [0.4, 0.5) is 0 Å². The van der Waals surface area contributed by atoms with E-state index in [-0.39, 0.29) is 18.1 Å². The normalized spacial score (nSPS) is 13.0. The molecule has 0 unspecified atom stereocenters. The van der Waals surface area contributed by atoms with E-state index in [1.807, 2.05) is 17.5 Å². The number of rotatable bonds is 4. The van der Waals surface area contributed by atoms with Crippen LogP contribution in [0.1, 0.15) is 28.5 Å². The molecule has 1 aliphatic heterocycles. The summed E-state index contributed by atoms with van der Waals surface area (Å²) in [5.41, 5.74) is 0.759. The van der Waals surface area contributed by atoms with E-state index >= 15 is 0 Å². The SMILES string of the molecule is O=C(OCc1nnc(-c2cccs2)o1)c1ccc2c(=O)n3c(nc2c1)CCC3. The van der Waals surface area contributed by atoms with Crippen molar-refractivity contribution in [2.75, 3.05) is 0 Å². The highest BCUT2D eigenvalue weighted by molar-refractivity contribution is 7.13. The fraction of sp³-hybridized carbons (Fsp3) is 0.211. The Morgan fingerprint density at radius 3 is 3.07 bits per heavy atom. The molecule has 8 nitrogen and oxygen atoms in total. The van der Waals surface area contributed by atoms with Gasteiger partial charge in [0.05, 0.1) is 21.3 Å². The molecule has 0 N–H and O–H groups in total. The van der Waals surface area contributed by atoms with Gasteiger partial charge in [-0.3, -0.25) is 9.36 Å². The molecule has 0 amide bonds. The smallest absolute Gasteiger partial charge is 0.338 e. The zero-order chi connectivity index (χ0) is 19.1. The van der Waals surface area contributed by atoms with Gasteiger partial charge in [-0.25, -0.2) is 9.78 Å². The van der Waals surface area contributed by atoms with Crippen molar-refractivity contribution in [2.45, 2.75) is 26.0 Å². The lowest BCUT2D eigenvalue weighted by Crippen LogP contribution is -2.21. The number of hydrogen-bond acceptors (Lipinski definition) is 8. The van der Waals surface area contributed by atoms with E-state index in [2.05, 4.69) is 15.2 Å². The van der Waals surface area contributed by atoms with Crippen LogP contribution >= 0.6 is 11.3 Å². The van der Waals surface area contributed by atoms with Crippen molar-refractivity contribution in [1.82, 2.24) is 19.7 Å². The number of nitrogens with zero attached hydrogens (tertiary/aromatic N) is 4. The topological polar surface area (TPSA) is 100 Å². The Hall–Kier alpha value is -3.33. The molecule has 4 aromatic rings. The second-order valence-electron chi connectivity index (χ2n) is 6.37. The fourth-order valence-corrected chi connectivity index (χ4v) is 3.88. The van der Waals surface area contributed by atoms with E-state index in [0.717, 1.165) is 23.5 Å². The summed E-state index contributed by atoms with van der Waals surface area (Å²) in [6, 6.07) is 8.53. The zero-order valence-corrected chi connectivity index (χ0v) is 15.4. The van der Waals surface area contributed by atoms with E-state index in [9.17, 15) is 9.59 Å². The molecular formula is C19H14N4O4S. The van der Waals surface area contributed by atoms with Crippen molar-refractivity contribution >= 4 is 28.2 Å². The summed E-state index contributed by atoms with van der Waals surface area (Å²) >= 11 is 1.48. The molecule has 0 spiro atoms. The minimum absolute atomic E-state index is 0.0654. The summed E-state index contributed by atoms with van der Waals surface area (Å²) in [5.74, 6) is 0.826. The Morgan fingerprint density at radius 2 is 2.21 bits per heavy atom. The predicted molar refractivity (Wildman–Crippen MR) is 101 cm³/mol. The van der Waals surface area contributed by atoms with Crippen molar-refractivity contribution < 1.29 is 13.9 Å². The molecule has 0 atom stereocenters. The van der Waals surface area contributed by atoms with Crippen LogP contribution < -0.4 is 5.56 Å². The van der Waals surface area contributed by atoms with Crippen LogP contribution in [-0.2, 0) is 24.3 Å². The largest absolute Gasteiger partial charge is 0.452 e. The Bertz CT molecular complexity index is 1240. The van der Waals surface area contributed by atoms with Gasteiger partial charge in [-0.1, -0.05) is 6.07 Å². The van der Waals surface area contributed by atoms with Crippen LogP contribution in [0.25, 0.3) is 21.7 Å². The predicted octanol–water partition coefficient (Wildman–Crippen LogP) is 2.81. The maximum Gasteiger partial charge on any atom is 0.338 e. The monoisotopic (exact) mass is 394 g/mol. The highest BCUT2D eigenvalue weighted by Crippen LogP contribution is 2.23. The van der Waals surface area contributed by atoms with Crippen LogP contribution in [0.15, 0.2) is 44.9 Å². The van der Waals surface area contributed by atoms with E-state index in [4.69, 9.17) is 9.15 Å². The molecule has 28 heavy (non-hydrogen) atoms. The van der Waals surface area contributed by atoms with Gasteiger partial charge in [-0.2, -0.15) is 0 Å². The number of carbonyl (C=O) groups is 1. The number of esters is 1. The quantitative estimate of drug-likeness (QED) is 0.491. The van der Waals surface area contributed by atoms with Crippen LogP contribution in [0.5, 0.6) is 0 Å². The molecule has 0 saturated carbocycles. The summed E-state index contributed by atoms with van der Waals surface area (Å²) in [6.07, 6.45) is 1.68. The van der Waals surface area contributed by atoms with Gasteiger partial charge in [0.1, 0.15) is 5.82 Å². The number of fused-ring (bicyclic) bond motifs is 2. The van der Waals surface area contributed by atoms with Gasteiger partial charge in [0.2, 0.25) is 0 Å². The van der Waals surface area contributed by atoms with Gasteiger partial charge in [-0.05, 0) is 36.1 Å². The number of hydrogen-bond donors (Lipinski definition) is 0. The first-order chi connectivity index (χ1) is 13.7. The Balaban J connectivity index is 1.35. The number of ether oxygens (including phenoxy) is 1. The van der Waals surface area contributed by atoms with Crippen molar-refractivity contribution in [3.8, 4) is 10.8 Å². The van der Waals surface area contributed by atoms with Gasteiger partial charge in [0.15, 0.2) is 6.61 Å². The molecule has 0 saturated heterocycles. The average Bonchev–Trinajstić information content (AvgIpc) is 3.46. The van der Waals surface area contributed by atoms with Gasteiger partial charge >= 0.3 is 5.97 Å². The summed E-state index contributed by atoms with van der Waals surface area (Å²) in [7, 11) is 0. The molecule has 9 heteroatoms. The standard InChI is InChI=1S/C19H14N4O4S/c24-18-12-6-5-11(9-13(12)20-15-4-1-7-23(15)18)19(25)26-10-16-21-22-17(27-16)14-3-2-8-28-14/h2-3,5-6,8-9H,1,4,7,10H2. The molecule has 0 bridgehead atoms. The fourth-order valence-electron chi connectivity index (χ4n) is 3.23. The molecule has 1 aliphatic rings. The molecule has 3 aromatic heterocycles. The third-order valence-electron chi connectivity index (χ3n) is 4.58. The van der Waals surface area contributed by atoms with E-state index < -0.39 is 5.97 Å². The first kappa shape index (κ1) is 16.8. The average molecular weight is 394 g/mol. The molecule has 0 aliphatic carbocycles. The Kier molecular flexibility index (Phi) is 4.01. The molecular weight excluding hydrogens is 380 g/mol. The summed E-state index contributed by atoms with van der Waals surface area (Å²) in [6.45, 7) is 0.564. The third kappa shape index (κ3) is 2.89. The number of thiophene rings is 1. The first-order valence-electron chi connectivity index (χ1n) is 8.76. The number of carbonyl (C=O) groups excluding carboxylic acids is 1. The van der Waals surface area contributed by atoms with Crippen LogP contribution in [0, 0.1) is 0 Å². The maximum atomic E-state index is 12.5. The van der Waals surface area contributed by atoms with Crippen molar-refractivity contribution in [3.63, 3.8) is 0 Å². The maximum absolute atomic E-state index is 12.5. The minimum Gasteiger partial charge on any atom is -0.452 e. The van der Waals surface area contributed by atoms with Crippen molar-refractivity contribution in [3.05, 3.63) is 63.3 Å². The summed E-state index contributed by atoms with van der Waals surface area (Å²) in [5, 5.41) is 10.3. The summed E-state index contributed by atoms with van der Waals surface area (Å²) in [4.78, 5) is 30.3. The van der Waals surface area contributed by atoms with Crippen LogP contribution in [0.3, 0.4) is 0 Å². The molecule has 0 radical (unpaired) electrons. The first-order valence-corrected chi connectivity index (χ1v) is 9.64. The Morgan fingerprint density at radius 1 is 1.29 bits per heavy atom. The van der Waals surface area contributed by atoms with E-state index in [1.54, 1.807) is 22.8 Å². The van der Waals surface area contributed by atoms with E-state index in [1.165, 1.54) is 11.3 Å². The highest BCUT2D eigenvalue weighted by Gasteiger charge is 2.18. The lowest BCUT2D eigenvalue weighted by atomic mass is 10.1. The van der Waals surface area contributed by atoms with Gasteiger partial charge in [0.25, 0.3) is 17.3 Å². The molecule has 0 fully saturated rings. The van der Waals surface area contributed by atoms with Crippen LogP contribution in [-0.4, -0.2) is 25.7 Å². The molecule has 5 rings (SSSR count). The summed E-state index contributed by atoms with van der Waals surface area (Å²) < 4.78 is 12.5. The second kappa shape index (κ2) is 6.68. The molecule has 140 valence electrons. The Labute approximate surface area is 162 Å². The number of aromatic nitrogens is 4. The lowest BCUT2D eigenvalue weighted by molar-refractivity contribution is 0.0439. The van der Waals surface area contributed by atoms with Gasteiger partial charge in [0, 0.05) is 13.0 Å². The van der Waals surface area contributed by atoms with E-state index in [0.29, 0.717) is 28.9 Å². The van der Waals surface area contributed by atoms with Gasteiger partial charge in [-0.15, -0.1) is 21.5 Å². The van der Waals surface area contributed by atoms with Gasteiger partial charge < -0.3 is 9.15 Å². The number of benzene rings is 1. The van der Waals surface area contributed by atoms with Crippen molar-refractivity contribution in [2.24, 2.45) is 0 Å². The van der Waals surface area contributed by atoms with Crippen molar-refractivity contribution in [1.29, 1.82) is 0 Å². The lowest BCUT2D eigenvalue weighted by Gasteiger charge is -2.06.